The largest absolute Gasteiger partial charge is 0.465 e. The number of para-hydroxylation sites is 1. The monoisotopic (exact) mass is 372 g/mol. The van der Waals surface area contributed by atoms with Crippen LogP contribution in [-0.4, -0.2) is 15.9 Å². The highest BCUT2D eigenvalue weighted by Gasteiger charge is 2.14. The van der Waals surface area contributed by atoms with Crippen LogP contribution in [0.2, 0.25) is 0 Å². The number of fused-ring (bicyclic) bond motifs is 1. The molecule has 1 amide bonds. The standard InChI is InChI=1S/C22H20N4O2/c1-14-6-5-7-16(12-14)24-20-18-8-3-4-9-19(18)25-21(26-20)22(27)23-13-17-11-10-15(2)28-17/h3-12H,13H2,1-2H3,(H,23,27)(H,24,25,26). The first kappa shape index (κ1) is 17.7. The van der Waals surface area contributed by atoms with Crippen LogP contribution in [-0.2, 0) is 6.54 Å². The number of benzene rings is 2. The Morgan fingerprint density at radius 2 is 1.86 bits per heavy atom. The van der Waals surface area contributed by atoms with Crippen molar-refractivity contribution in [3.8, 4) is 0 Å². The normalized spacial score (nSPS) is 10.8. The molecular formula is C22H20N4O2. The minimum atomic E-state index is -0.355. The number of nitrogens with one attached hydrogen (secondary N) is 2. The van der Waals surface area contributed by atoms with Gasteiger partial charge in [0.2, 0.25) is 5.82 Å². The molecule has 4 rings (SSSR count). The van der Waals surface area contributed by atoms with Gasteiger partial charge in [0.15, 0.2) is 0 Å². The summed E-state index contributed by atoms with van der Waals surface area (Å²) in [4.78, 5) is 21.5. The molecule has 0 atom stereocenters. The van der Waals surface area contributed by atoms with E-state index in [0.29, 0.717) is 17.1 Å². The smallest absolute Gasteiger partial charge is 0.289 e. The van der Waals surface area contributed by atoms with Crippen LogP contribution in [0, 0.1) is 13.8 Å². The van der Waals surface area contributed by atoms with Crippen molar-refractivity contribution < 1.29 is 9.21 Å². The van der Waals surface area contributed by atoms with E-state index in [1.807, 2.05) is 74.5 Å². The summed E-state index contributed by atoms with van der Waals surface area (Å²) in [5, 5.41) is 6.97. The highest BCUT2D eigenvalue weighted by atomic mass is 16.3. The average molecular weight is 372 g/mol. The maximum Gasteiger partial charge on any atom is 0.289 e. The lowest BCUT2D eigenvalue weighted by atomic mass is 10.2. The van der Waals surface area contributed by atoms with E-state index in [0.717, 1.165) is 22.4 Å². The topological polar surface area (TPSA) is 80.0 Å². The van der Waals surface area contributed by atoms with Gasteiger partial charge in [-0.2, -0.15) is 0 Å². The van der Waals surface area contributed by atoms with E-state index in [-0.39, 0.29) is 18.3 Å². The minimum Gasteiger partial charge on any atom is -0.465 e. The van der Waals surface area contributed by atoms with E-state index in [4.69, 9.17) is 4.42 Å². The Bertz CT molecular complexity index is 1150. The van der Waals surface area contributed by atoms with Gasteiger partial charge in [0.1, 0.15) is 17.3 Å². The Morgan fingerprint density at radius 3 is 2.64 bits per heavy atom. The zero-order chi connectivity index (χ0) is 19.5. The third-order valence-electron chi connectivity index (χ3n) is 4.31. The van der Waals surface area contributed by atoms with Crippen LogP contribution in [0.1, 0.15) is 27.7 Å². The number of furan rings is 1. The van der Waals surface area contributed by atoms with Crippen LogP contribution in [0.3, 0.4) is 0 Å². The Labute approximate surface area is 162 Å². The SMILES string of the molecule is Cc1cccc(Nc2nc(C(=O)NCc3ccc(C)o3)nc3ccccc23)c1. The summed E-state index contributed by atoms with van der Waals surface area (Å²) in [5.74, 6) is 1.83. The van der Waals surface area contributed by atoms with Gasteiger partial charge in [-0.1, -0.05) is 24.3 Å². The van der Waals surface area contributed by atoms with Gasteiger partial charge in [0, 0.05) is 11.1 Å². The van der Waals surface area contributed by atoms with Crippen LogP contribution in [0.15, 0.2) is 65.1 Å². The number of carbonyl (C=O) groups excluding carboxylic acids is 1. The van der Waals surface area contributed by atoms with Gasteiger partial charge in [0.25, 0.3) is 5.91 Å². The van der Waals surface area contributed by atoms with Gasteiger partial charge in [0.05, 0.1) is 12.1 Å². The highest BCUT2D eigenvalue weighted by Crippen LogP contribution is 2.24. The Kier molecular flexibility index (Phi) is 4.76. The van der Waals surface area contributed by atoms with Gasteiger partial charge in [-0.15, -0.1) is 0 Å². The first-order valence-electron chi connectivity index (χ1n) is 9.02. The Hall–Kier alpha value is -3.67. The predicted octanol–water partition coefficient (Wildman–Crippen LogP) is 4.51. The number of aryl methyl sites for hydroxylation is 2. The van der Waals surface area contributed by atoms with E-state index in [9.17, 15) is 4.79 Å². The van der Waals surface area contributed by atoms with Gasteiger partial charge >= 0.3 is 0 Å². The summed E-state index contributed by atoms with van der Waals surface area (Å²) < 4.78 is 5.49. The van der Waals surface area contributed by atoms with Crippen LogP contribution in [0.25, 0.3) is 10.9 Å². The first-order valence-corrected chi connectivity index (χ1v) is 9.02. The average Bonchev–Trinajstić information content (AvgIpc) is 3.11. The van der Waals surface area contributed by atoms with Crippen molar-refractivity contribution in [3.63, 3.8) is 0 Å². The molecule has 0 saturated carbocycles. The number of aromatic nitrogens is 2. The lowest BCUT2D eigenvalue weighted by Gasteiger charge is -2.11. The number of anilines is 2. The van der Waals surface area contributed by atoms with Crippen LogP contribution in [0.5, 0.6) is 0 Å². The highest BCUT2D eigenvalue weighted by molar-refractivity contribution is 5.97. The molecule has 140 valence electrons. The van der Waals surface area contributed by atoms with Crippen LogP contribution >= 0.6 is 0 Å². The van der Waals surface area contributed by atoms with Crippen LogP contribution < -0.4 is 10.6 Å². The van der Waals surface area contributed by atoms with Crippen molar-refractivity contribution in [3.05, 3.63) is 83.6 Å². The zero-order valence-corrected chi connectivity index (χ0v) is 15.7. The molecule has 6 nitrogen and oxygen atoms in total. The lowest BCUT2D eigenvalue weighted by Crippen LogP contribution is -2.25. The van der Waals surface area contributed by atoms with Crippen molar-refractivity contribution in [2.75, 3.05) is 5.32 Å². The predicted molar refractivity (Wildman–Crippen MR) is 109 cm³/mol. The van der Waals surface area contributed by atoms with Crippen molar-refractivity contribution in [1.82, 2.24) is 15.3 Å². The molecule has 0 aliphatic rings. The third-order valence-corrected chi connectivity index (χ3v) is 4.31. The molecule has 6 heteroatoms. The number of hydrogen-bond acceptors (Lipinski definition) is 5. The maximum atomic E-state index is 12.6. The molecule has 2 aromatic carbocycles. The van der Waals surface area contributed by atoms with Crippen molar-refractivity contribution in [1.29, 1.82) is 0 Å². The second-order valence-electron chi connectivity index (χ2n) is 6.60. The summed E-state index contributed by atoms with van der Waals surface area (Å²) in [7, 11) is 0. The fourth-order valence-electron chi connectivity index (χ4n) is 2.96. The molecule has 0 aliphatic heterocycles. The molecule has 2 heterocycles. The molecule has 2 aromatic heterocycles. The number of rotatable bonds is 5. The number of nitrogens with zero attached hydrogens (tertiary/aromatic N) is 2. The summed E-state index contributed by atoms with van der Waals surface area (Å²) >= 11 is 0. The summed E-state index contributed by atoms with van der Waals surface area (Å²) in [6.45, 7) is 4.17. The second-order valence-corrected chi connectivity index (χ2v) is 6.60. The molecule has 2 N–H and O–H groups in total. The molecule has 0 aliphatic carbocycles. The molecule has 0 saturated heterocycles. The molecule has 28 heavy (non-hydrogen) atoms. The molecular weight excluding hydrogens is 352 g/mol. The fraction of sp³-hybridized carbons (Fsp3) is 0.136. The number of amides is 1. The molecule has 4 aromatic rings. The summed E-state index contributed by atoms with van der Waals surface area (Å²) in [6.07, 6.45) is 0. The molecule has 0 unspecified atom stereocenters. The minimum absolute atomic E-state index is 0.108. The van der Waals surface area contributed by atoms with Gasteiger partial charge in [-0.05, 0) is 55.8 Å². The number of carbonyl (C=O) groups is 1. The van der Waals surface area contributed by atoms with Gasteiger partial charge in [-0.25, -0.2) is 9.97 Å². The Morgan fingerprint density at radius 1 is 1.00 bits per heavy atom. The first-order chi connectivity index (χ1) is 13.6. The van der Waals surface area contributed by atoms with E-state index in [1.54, 1.807) is 0 Å². The fourth-order valence-corrected chi connectivity index (χ4v) is 2.96. The van der Waals surface area contributed by atoms with Crippen molar-refractivity contribution >= 4 is 28.3 Å². The van der Waals surface area contributed by atoms with E-state index < -0.39 is 0 Å². The molecule has 0 spiro atoms. The molecule has 0 radical (unpaired) electrons. The third kappa shape index (κ3) is 3.86. The van der Waals surface area contributed by atoms with Crippen LogP contribution in [0.4, 0.5) is 11.5 Å². The van der Waals surface area contributed by atoms with Crippen molar-refractivity contribution in [2.24, 2.45) is 0 Å². The zero-order valence-electron chi connectivity index (χ0n) is 15.7. The van der Waals surface area contributed by atoms with E-state index in [2.05, 4.69) is 20.6 Å². The lowest BCUT2D eigenvalue weighted by molar-refractivity contribution is 0.0938. The van der Waals surface area contributed by atoms with E-state index >= 15 is 0 Å². The summed E-state index contributed by atoms with van der Waals surface area (Å²) in [5.41, 5.74) is 2.74. The quantitative estimate of drug-likeness (QED) is 0.539. The van der Waals surface area contributed by atoms with Gasteiger partial charge < -0.3 is 15.1 Å². The van der Waals surface area contributed by atoms with Crippen molar-refractivity contribution in [2.45, 2.75) is 20.4 Å². The molecule has 0 bridgehead atoms. The second kappa shape index (κ2) is 7.52. The maximum absolute atomic E-state index is 12.6. The van der Waals surface area contributed by atoms with E-state index in [1.165, 1.54) is 0 Å². The Balaban J connectivity index is 1.64. The number of hydrogen-bond donors (Lipinski definition) is 2. The molecule has 0 fully saturated rings. The van der Waals surface area contributed by atoms with Gasteiger partial charge in [-0.3, -0.25) is 4.79 Å². The summed E-state index contributed by atoms with van der Waals surface area (Å²) in [6, 6.07) is 19.3.